The average Bonchev–Trinajstić information content (AvgIpc) is 2.26. The number of carboxylic acid groups (broad SMARTS) is 1. The van der Waals surface area contributed by atoms with Crippen molar-refractivity contribution in [1.82, 2.24) is 10.2 Å². The third-order valence-corrected chi connectivity index (χ3v) is 3.54. The van der Waals surface area contributed by atoms with Crippen molar-refractivity contribution >= 4 is 5.97 Å². The first-order valence-electron chi connectivity index (χ1n) is 7.02. The number of aliphatic carboxylic acids is 1. The molecule has 0 amide bonds. The van der Waals surface area contributed by atoms with Crippen LogP contribution >= 0.6 is 0 Å². The van der Waals surface area contributed by atoms with Gasteiger partial charge in [-0.15, -0.1) is 0 Å². The minimum atomic E-state index is -0.836. The number of nitrogens with zero attached hydrogens (tertiary/aromatic N) is 1. The topological polar surface area (TPSA) is 52.6 Å². The normalized spacial score (nSPS) is 16.9. The highest BCUT2D eigenvalue weighted by Gasteiger charge is 2.35. The van der Waals surface area contributed by atoms with E-state index in [1.54, 1.807) is 6.92 Å². The Morgan fingerprint density at radius 1 is 1.33 bits per heavy atom. The number of hydrogen-bond donors (Lipinski definition) is 2. The summed E-state index contributed by atoms with van der Waals surface area (Å²) in [4.78, 5) is 13.8. The lowest BCUT2D eigenvalue weighted by molar-refractivity contribution is -0.145. The third-order valence-electron chi connectivity index (χ3n) is 3.54. The molecule has 0 aliphatic rings. The summed E-state index contributed by atoms with van der Waals surface area (Å²) in [5.74, 6) is -0.761. The predicted octanol–water partition coefficient (Wildman–Crippen LogP) is 2.34. The van der Waals surface area contributed by atoms with Gasteiger partial charge in [-0.2, -0.15) is 0 Å². The van der Waals surface area contributed by atoms with Crippen LogP contribution in [0.4, 0.5) is 0 Å². The summed E-state index contributed by atoms with van der Waals surface area (Å²) in [5.41, 5.74) is -0.836. The quantitative estimate of drug-likeness (QED) is 0.666. The molecule has 4 heteroatoms. The molecule has 2 unspecified atom stereocenters. The van der Waals surface area contributed by atoms with Crippen molar-refractivity contribution in [1.29, 1.82) is 0 Å². The lowest BCUT2D eigenvalue weighted by atomic mass is 9.92. The Morgan fingerprint density at radius 3 is 2.22 bits per heavy atom. The van der Waals surface area contributed by atoms with Gasteiger partial charge in [0.1, 0.15) is 5.54 Å². The van der Waals surface area contributed by atoms with Crippen LogP contribution in [0.2, 0.25) is 0 Å². The van der Waals surface area contributed by atoms with E-state index >= 15 is 0 Å². The fourth-order valence-electron chi connectivity index (χ4n) is 2.53. The summed E-state index contributed by atoms with van der Waals surface area (Å²) in [6, 6.07) is 0.690. The van der Waals surface area contributed by atoms with Gasteiger partial charge in [-0.3, -0.25) is 9.69 Å². The molecule has 108 valence electrons. The van der Waals surface area contributed by atoms with E-state index < -0.39 is 11.5 Å². The Bertz CT molecular complexity index is 256. The molecule has 0 saturated heterocycles. The number of carbonyl (C=O) groups is 1. The van der Waals surface area contributed by atoms with Crippen LogP contribution in [-0.2, 0) is 4.79 Å². The van der Waals surface area contributed by atoms with E-state index in [0.29, 0.717) is 12.5 Å². The summed E-state index contributed by atoms with van der Waals surface area (Å²) in [7, 11) is 0. The first-order chi connectivity index (χ1) is 8.28. The van der Waals surface area contributed by atoms with Crippen molar-refractivity contribution in [2.45, 2.75) is 72.0 Å². The molecular weight excluding hydrogens is 228 g/mol. The Kier molecular flexibility index (Phi) is 7.48. The summed E-state index contributed by atoms with van der Waals surface area (Å²) in [6.45, 7) is 14.0. The van der Waals surface area contributed by atoms with Crippen molar-refractivity contribution in [3.05, 3.63) is 0 Å². The van der Waals surface area contributed by atoms with Crippen LogP contribution in [0, 0.1) is 0 Å². The highest BCUT2D eigenvalue weighted by atomic mass is 16.4. The van der Waals surface area contributed by atoms with Crippen molar-refractivity contribution < 1.29 is 9.90 Å². The summed E-state index contributed by atoms with van der Waals surface area (Å²) in [5, 5.41) is 12.6. The fraction of sp³-hybridized carbons (Fsp3) is 0.929. The average molecular weight is 258 g/mol. The molecular formula is C14H30N2O2. The van der Waals surface area contributed by atoms with E-state index in [2.05, 4.69) is 37.9 Å². The predicted molar refractivity (Wildman–Crippen MR) is 75.9 cm³/mol. The second-order valence-corrected chi connectivity index (χ2v) is 5.54. The van der Waals surface area contributed by atoms with E-state index in [9.17, 15) is 9.90 Å². The molecule has 0 aromatic heterocycles. The number of nitrogens with one attached hydrogen (secondary N) is 1. The van der Waals surface area contributed by atoms with Gasteiger partial charge in [0.15, 0.2) is 0 Å². The minimum Gasteiger partial charge on any atom is -0.480 e. The van der Waals surface area contributed by atoms with Crippen LogP contribution in [0.25, 0.3) is 0 Å². The summed E-state index contributed by atoms with van der Waals surface area (Å²) < 4.78 is 0. The Labute approximate surface area is 112 Å². The highest BCUT2D eigenvalue weighted by molar-refractivity contribution is 5.78. The molecule has 18 heavy (non-hydrogen) atoms. The molecule has 2 N–H and O–H groups in total. The van der Waals surface area contributed by atoms with Crippen LogP contribution in [0.1, 0.15) is 54.4 Å². The van der Waals surface area contributed by atoms with Gasteiger partial charge in [-0.25, -0.2) is 0 Å². The van der Waals surface area contributed by atoms with E-state index in [0.717, 1.165) is 19.5 Å². The Balaban J connectivity index is 4.71. The van der Waals surface area contributed by atoms with Gasteiger partial charge in [0.2, 0.25) is 0 Å². The second-order valence-electron chi connectivity index (χ2n) is 5.54. The molecule has 0 spiro atoms. The number of rotatable bonds is 9. The molecule has 4 nitrogen and oxygen atoms in total. The lowest BCUT2D eigenvalue weighted by Gasteiger charge is -2.37. The van der Waals surface area contributed by atoms with Crippen molar-refractivity contribution in [2.75, 3.05) is 13.1 Å². The van der Waals surface area contributed by atoms with Crippen molar-refractivity contribution in [3.8, 4) is 0 Å². The largest absolute Gasteiger partial charge is 0.480 e. The van der Waals surface area contributed by atoms with Gasteiger partial charge in [0.25, 0.3) is 0 Å². The fourth-order valence-corrected chi connectivity index (χ4v) is 2.53. The van der Waals surface area contributed by atoms with E-state index in [-0.39, 0.29) is 6.04 Å². The Hall–Kier alpha value is -0.610. The van der Waals surface area contributed by atoms with Gasteiger partial charge in [0.05, 0.1) is 0 Å². The SMILES string of the molecule is CCCNC(C)(CC(C)N(CC)C(C)C)C(=O)O. The van der Waals surface area contributed by atoms with Gasteiger partial charge in [-0.1, -0.05) is 13.8 Å². The van der Waals surface area contributed by atoms with E-state index in [1.807, 2.05) is 6.92 Å². The molecule has 0 fully saturated rings. The van der Waals surface area contributed by atoms with Crippen LogP contribution in [0.3, 0.4) is 0 Å². The van der Waals surface area contributed by atoms with Crippen LogP contribution < -0.4 is 5.32 Å². The van der Waals surface area contributed by atoms with Gasteiger partial charge in [-0.05, 0) is 53.6 Å². The maximum atomic E-state index is 11.5. The second kappa shape index (κ2) is 7.74. The molecule has 0 aromatic rings. The maximum Gasteiger partial charge on any atom is 0.323 e. The van der Waals surface area contributed by atoms with Gasteiger partial charge >= 0.3 is 5.97 Å². The first-order valence-corrected chi connectivity index (χ1v) is 7.02. The molecule has 0 heterocycles. The maximum absolute atomic E-state index is 11.5. The van der Waals surface area contributed by atoms with Crippen LogP contribution in [0.5, 0.6) is 0 Å². The van der Waals surface area contributed by atoms with Crippen molar-refractivity contribution in [3.63, 3.8) is 0 Å². The lowest BCUT2D eigenvalue weighted by Crippen LogP contribution is -2.54. The molecule has 0 saturated carbocycles. The standard InChI is InChI=1S/C14H30N2O2/c1-7-9-15-14(6,13(17)18)10-12(5)16(8-2)11(3)4/h11-12,15H,7-10H2,1-6H3,(H,17,18). The minimum absolute atomic E-state index is 0.250. The van der Waals surface area contributed by atoms with Gasteiger partial charge < -0.3 is 10.4 Å². The zero-order valence-corrected chi connectivity index (χ0v) is 12.8. The monoisotopic (exact) mass is 258 g/mol. The van der Waals surface area contributed by atoms with E-state index in [1.165, 1.54) is 0 Å². The van der Waals surface area contributed by atoms with E-state index in [4.69, 9.17) is 0 Å². The zero-order valence-electron chi connectivity index (χ0n) is 12.8. The van der Waals surface area contributed by atoms with Crippen LogP contribution in [0.15, 0.2) is 0 Å². The molecule has 0 radical (unpaired) electrons. The highest BCUT2D eigenvalue weighted by Crippen LogP contribution is 2.18. The number of carboxylic acids is 1. The summed E-state index contributed by atoms with van der Waals surface area (Å²) in [6.07, 6.45) is 1.56. The molecule has 0 rings (SSSR count). The van der Waals surface area contributed by atoms with Gasteiger partial charge in [0, 0.05) is 12.1 Å². The Morgan fingerprint density at radius 2 is 1.89 bits per heavy atom. The summed E-state index contributed by atoms with van der Waals surface area (Å²) >= 11 is 0. The first kappa shape index (κ1) is 17.4. The molecule has 0 aliphatic carbocycles. The molecule has 0 aromatic carbocycles. The zero-order chi connectivity index (χ0) is 14.3. The molecule has 0 aliphatic heterocycles. The van der Waals surface area contributed by atoms with Crippen molar-refractivity contribution in [2.24, 2.45) is 0 Å². The molecule has 0 bridgehead atoms. The van der Waals surface area contributed by atoms with Crippen LogP contribution in [-0.4, -0.2) is 46.7 Å². The molecule has 2 atom stereocenters. The third kappa shape index (κ3) is 4.94. The number of hydrogen-bond acceptors (Lipinski definition) is 3. The smallest absolute Gasteiger partial charge is 0.323 e.